The number of fused-ring (bicyclic) bond motifs is 7. The van der Waals surface area contributed by atoms with Crippen LogP contribution < -0.4 is 0 Å². The molecule has 8 fully saturated rings. The molecule has 1 unspecified atom stereocenters. The highest BCUT2D eigenvalue weighted by Crippen LogP contribution is 2.71. The molecule has 8 rings (SSSR count). The lowest BCUT2D eigenvalue weighted by Gasteiger charge is -2.62. The fourth-order valence-electron chi connectivity index (χ4n) is 13.2. The number of aliphatic hydroxyl groups is 8. The highest BCUT2D eigenvalue weighted by Gasteiger charge is 2.69. The topological polar surface area (TPSA) is 217 Å². The van der Waals surface area contributed by atoms with E-state index >= 15 is 0 Å². The first-order valence-electron chi connectivity index (χ1n) is 20.4. The molecule has 0 radical (unpaired) electrons. The van der Waals surface area contributed by atoms with Gasteiger partial charge in [0.2, 0.25) is 0 Å². The minimum atomic E-state index is -1.76. The minimum Gasteiger partial charge on any atom is -0.394 e. The van der Waals surface area contributed by atoms with E-state index in [9.17, 15) is 40.9 Å². The van der Waals surface area contributed by atoms with Gasteiger partial charge in [-0.2, -0.15) is 0 Å². The summed E-state index contributed by atoms with van der Waals surface area (Å²) in [6.45, 7) is 8.96. The quantitative estimate of drug-likeness (QED) is 0.173. The summed E-state index contributed by atoms with van der Waals surface area (Å²) < 4.78 is 37.2. The zero-order valence-electron chi connectivity index (χ0n) is 31.6. The van der Waals surface area contributed by atoms with Crippen molar-refractivity contribution >= 4 is 0 Å². The summed E-state index contributed by atoms with van der Waals surface area (Å²) in [6.07, 6.45) is -8.11. The molecule has 0 aromatic carbocycles. The minimum absolute atomic E-state index is 0.111. The Hall–Kier alpha value is -0.560. The van der Waals surface area contributed by atoms with Crippen LogP contribution in [-0.2, 0) is 28.4 Å². The normalized spacial score (nSPS) is 59.5. The average molecular weight is 757 g/mol. The van der Waals surface area contributed by atoms with Gasteiger partial charge in [0, 0.05) is 12.3 Å². The van der Waals surface area contributed by atoms with E-state index in [1.807, 2.05) is 0 Å². The third-order valence-corrected chi connectivity index (χ3v) is 16.2. The molecule has 14 heteroatoms. The predicted molar refractivity (Wildman–Crippen MR) is 184 cm³/mol. The van der Waals surface area contributed by atoms with Gasteiger partial charge in [-0.25, -0.2) is 0 Å². The van der Waals surface area contributed by atoms with Gasteiger partial charge >= 0.3 is 0 Å². The molecule has 0 bridgehead atoms. The summed E-state index contributed by atoms with van der Waals surface area (Å²) in [5.41, 5.74) is 0.0762. The zero-order chi connectivity index (χ0) is 37.8. The molecule has 0 aromatic heterocycles. The van der Waals surface area contributed by atoms with E-state index in [0.29, 0.717) is 48.3 Å². The van der Waals surface area contributed by atoms with E-state index < -0.39 is 92.6 Å². The van der Waals surface area contributed by atoms with E-state index in [2.05, 4.69) is 27.7 Å². The second kappa shape index (κ2) is 14.4. The summed E-state index contributed by atoms with van der Waals surface area (Å²) in [7, 11) is 0. The summed E-state index contributed by atoms with van der Waals surface area (Å²) in [5.74, 6) is 2.78. The van der Waals surface area contributed by atoms with Crippen LogP contribution in [0.4, 0.5) is 0 Å². The molecule has 4 saturated carbocycles. The molecular formula is C39H64O14. The maximum Gasteiger partial charge on any atom is 0.187 e. The molecular weight excluding hydrogens is 692 g/mol. The van der Waals surface area contributed by atoms with Crippen LogP contribution >= 0.6 is 0 Å². The second-order valence-corrected chi connectivity index (χ2v) is 18.9. The van der Waals surface area contributed by atoms with Crippen LogP contribution in [0.3, 0.4) is 0 Å². The van der Waals surface area contributed by atoms with Crippen molar-refractivity contribution in [2.75, 3.05) is 19.8 Å². The fraction of sp³-hybridized carbons (Fsp3) is 1.00. The molecule has 0 amide bonds. The Bertz CT molecular complexity index is 1300. The Balaban J connectivity index is 0.962. The van der Waals surface area contributed by atoms with Gasteiger partial charge in [-0.1, -0.05) is 27.7 Å². The van der Waals surface area contributed by atoms with Crippen molar-refractivity contribution in [2.45, 2.75) is 171 Å². The SMILES string of the molecule is CC1CC[C@@]2(OC1)O[C@H]1C[C@H]3[C@@H]4CC[C@@H]5C[C@@H](O[C@@H]6O[C@H](CO)[C@H](O)[C@H](O)[C@H]6O[C@@H]6O[C@H](CO)[C@@H](O)[C@H](O)[C@H]6O)[C@@H](O)C[C@]5(C)[C@H]4CC[C@]3(C)[C@H]1[C@@H]2C. The molecule has 53 heavy (non-hydrogen) atoms. The second-order valence-electron chi connectivity index (χ2n) is 18.9. The van der Waals surface area contributed by atoms with Crippen LogP contribution in [0.25, 0.3) is 0 Å². The Morgan fingerprint density at radius 3 is 2.08 bits per heavy atom. The van der Waals surface area contributed by atoms with Crippen molar-refractivity contribution < 1.29 is 69.3 Å². The Morgan fingerprint density at radius 1 is 0.698 bits per heavy atom. The monoisotopic (exact) mass is 756 g/mol. The molecule has 4 aliphatic carbocycles. The average Bonchev–Trinajstić information content (AvgIpc) is 3.58. The Morgan fingerprint density at radius 2 is 1.40 bits per heavy atom. The van der Waals surface area contributed by atoms with Crippen molar-refractivity contribution in [3.63, 3.8) is 0 Å². The maximum atomic E-state index is 11.8. The largest absolute Gasteiger partial charge is 0.394 e. The van der Waals surface area contributed by atoms with Crippen LogP contribution in [0, 0.1) is 52.3 Å². The van der Waals surface area contributed by atoms with Crippen molar-refractivity contribution in [3.05, 3.63) is 0 Å². The van der Waals surface area contributed by atoms with E-state index in [4.69, 9.17) is 28.4 Å². The maximum absolute atomic E-state index is 11.8. The lowest BCUT2D eigenvalue weighted by atomic mass is 9.44. The van der Waals surface area contributed by atoms with E-state index in [-0.39, 0.29) is 22.9 Å². The molecule has 4 heterocycles. The molecule has 23 atom stereocenters. The number of aliphatic hydroxyl groups excluding tert-OH is 8. The first kappa shape index (κ1) is 39.3. The zero-order valence-corrected chi connectivity index (χ0v) is 31.6. The third kappa shape index (κ3) is 6.20. The highest BCUT2D eigenvalue weighted by molar-refractivity contribution is 5.16. The molecule has 304 valence electrons. The first-order chi connectivity index (χ1) is 25.2. The van der Waals surface area contributed by atoms with Crippen LogP contribution in [0.2, 0.25) is 0 Å². The molecule has 0 aromatic rings. The van der Waals surface area contributed by atoms with Gasteiger partial charge in [0.05, 0.1) is 38.1 Å². The van der Waals surface area contributed by atoms with Gasteiger partial charge in [0.1, 0.15) is 48.8 Å². The number of ether oxygens (including phenoxy) is 6. The molecule has 8 N–H and O–H groups in total. The predicted octanol–water partition coefficient (Wildman–Crippen LogP) is 0.413. The van der Waals surface area contributed by atoms with Crippen molar-refractivity contribution in [3.8, 4) is 0 Å². The van der Waals surface area contributed by atoms with Gasteiger partial charge in [0.25, 0.3) is 0 Å². The van der Waals surface area contributed by atoms with Gasteiger partial charge < -0.3 is 69.3 Å². The summed E-state index contributed by atoms with van der Waals surface area (Å²) in [4.78, 5) is 0. The van der Waals surface area contributed by atoms with Gasteiger partial charge in [-0.05, 0) is 97.7 Å². The summed E-state index contributed by atoms with van der Waals surface area (Å²) >= 11 is 0. The smallest absolute Gasteiger partial charge is 0.187 e. The number of hydrogen-bond donors (Lipinski definition) is 8. The van der Waals surface area contributed by atoms with Crippen molar-refractivity contribution in [2.24, 2.45) is 52.3 Å². The van der Waals surface area contributed by atoms with Gasteiger partial charge in [-0.15, -0.1) is 0 Å². The van der Waals surface area contributed by atoms with E-state index in [0.717, 1.165) is 51.6 Å². The number of hydrogen-bond acceptors (Lipinski definition) is 14. The Labute approximate surface area is 312 Å². The van der Waals surface area contributed by atoms with E-state index in [1.54, 1.807) is 0 Å². The number of rotatable bonds is 6. The standard InChI is InChI=1S/C39H64O14/c1-17-7-10-39(48-16-17)18(2)28-25(53-39)12-22-20-6-5-19-11-24(23(42)13-38(19,4)21(20)8-9-37(22,28)3)49-36-34(32(46)30(44)27(15-41)51-36)52-35-33(47)31(45)29(43)26(14-40)50-35/h17-36,40-47H,5-16H2,1-4H3/t17?,18-,19+,20+,21-,22-,23-,24+,25-,26+,27+,28-,29+,30-,31-,32-,33+,34+,35-,36+,37-,38-,39+/m0/s1. The van der Waals surface area contributed by atoms with Crippen LogP contribution in [0.5, 0.6) is 0 Å². The fourth-order valence-corrected chi connectivity index (χ4v) is 13.2. The van der Waals surface area contributed by atoms with Gasteiger partial charge in [-0.3, -0.25) is 0 Å². The highest BCUT2D eigenvalue weighted by atomic mass is 16.8. The lowest BCUT2D eigenvalue weighted by Crippen LogP contribution is -2.65. The van der Waals surface area contributed by atoms with Crippen LogP contribution in [-0.4, -0.2) is 146 Å². The van der Waals surface area contributed by atoms with Gasteiger partial charge in [0.15, 0.2) is 18.4 Å². The molecule has 1 spiro atoms. The Kier molecular flexibility index (Phi) is 10.6. The molecule has 4 aliphatic heterocycles. The summed E-state index contributed by atoms with van der Waals surface area (Å²) in [6, 6.07) is 0. The van der Waals surface area contributed by atoms with Crippen LogP contribution in [0.1, 0.15) is 85.5 Å². The molecule has 14 nitrogen and oxygen atoms in total. The molecule has 4 saturated heterocycles. The molecule has 8 aliphatic rings. The summed E-state index contributed by atoms with van der Waals surface area (Å²) in [5, 5.41) is 84.5. The van der Waals surface area contributed by atoms with Crippen molar-refractivity contribution in [1.29, 1.82) is 0 Å². The first-order valence-corrected chi connectivity index (χ1v) is 20.4. The van der Waals surface area contributed by atoms with E-state index in [1.165, 1.54) is 0 Å². The third-order valence-electron chi connectivity index (χ3n) is 16.2. The van der Waals surface area contributed by atoms with Crippen molar-refractivity contribution in [1.82, 2.24) is 0 Å². The lowest BCUT2D eigenvalue weighted by molar-refractivity contribution is -0.376. The van der Waals surface area contributed by atoms with Crippen LogP contribution in [0.15, 0.2) is 0 Å².